The smallest absolute Gasteiger partial charge is 0.271 e. The van der Waals surface area contributed by atoms with E-state index >= 15 is 0 Å². The lowest BCUT2D eigenvalue weighted by Crippen LogP contribution is -2.42. The first-order valence-corrected chi connectivity index (χ1v) is 9.28. The molecule has 0 bridgehead atoms. The van der Waals surface area contributed by atoms with Gasteiger partial charge in [0.25, 0.3) is 5.91 Å². The van der Waals surface area contributed by atoms with E-state index in [2.05, 4.69) is 0 Å². The SMILES string of the molecule is O=C1c2c(-c3cc(F)c(Cl)cc3F)c3c(n2CCN1C1CC1)CCCO3. The maximum Gasteiger partial charge on any atom is 0.271 e. The number of hydrogen-bond donors (Lipinski definition) is 0. The minimum absolute atomic E-state index is 0.0322. The van der Waals surface area contributed by atoms with Gasteiger partial charge in [-0.15, -0.1) is 0 Å². The van der Waals surface area contributed by atoms with E-state index < -0.39 is 11.6 Å². The zero-order valence-electron chi connectivity index (χ0n) is 14.0. The number of halogens is 3. The highest BCUT2D eigenvalue weighted by molar-refractivity contribution is 6.30. The van der Waals surface area contributed by atoms with Crippen molar-refractivity contribution in [3.05, 3.63) is 40.2 Å². The van der Waals surface area contributed by atoms with Gasteiger partial charge in [0, 0.05) is 24.7 Å². The molecule has 0 unspecified atom stereocenters. The second-order valence-electron chi connectivity index (χ2n) is 7.08. The Hall–Kier alpha value is -2.08. The molecule has 0 N–H and O–H groups in total. The van der Waals surface area contributed by atoms with Crippen LogP contribution in [-0.4, -0.2) is 34.6 Å². The van der Waals surface area contributed by atoms with Crippen LogP contribution in [-0.2, 0) is 13.0 Å². The average molecular weight is 379 g/mol. The molecule has 3 aliphatic rings. The predicted octanol–water partition coefficient (Wildman–Crippen LogP) is 4.03. The van der Waals surface area contributed by atoms with Crippen molar-refractivity contribution in [2.45, 2.75) is 38.3 Å². The fourth-order valence-corrected chi connectivity index (χ4v) is 4.23. The maximum absolute atomic E-state index is 14.7. The summed E-state index contributed by atoms with van der Waals surface area (Å²) in [4.78, 5) is 15.0. The zero-order valence-corrected chi connectivity index (χ0v) is 14.8. The summed E-state index contributed by atoms with van der Waals surface area (Å²) in [6.07, 6.45) is 3.61. The number of carbonyl (C=O) groups is 1. The Kier molecular flexibility index (Phi) is 3.54. The van der Waals surface area contributed by atoms with Crippen molar-refractivity contribution in [1.29, 1.82) is 0 Å². The molecule has 7 heteroatoms. The van der Waals surface area contributed by atoms with Crippen LogP contribution in [0, 0.1) is 11.6 Å². The van der Waals surface area contributed by atoms with Crippen molar-refractivity contribution < 1.29 is 18.3 Å². The highest BCUT2D eigenvalue weighted by Gasteiger charge is 2.41. The first kappa shape index (κ1) is 16.1. The van der Waals surface area contributed by atoms with Crippen LogP contribution in [0.1, 0.15) is 35.4 Å². The average Bonchev–Trinajstić information content (AvgIpc) is 3.41. The highest BCUT2D eigenvalue weighted by Crippen LogP contribution is 2.45. The lowest BCUT2D eigenvalue weighted by atomic mass is 10.0. The summed E-state index contributed by atoms with van der Waals surface area (Å²) in [6.45, 7) is 1.80. The topological polar surface area (TPSA) is 34.5 Å². The van der Waals surface area contributed by atoms with Gasteiger partial charge in [-0.2, -0.15) is 0 Å². The van der Waals surface area contributed by atoms with E-state index in [0.29, 0.717) is 36.7 Å². The van der Waals surface area contributed by atoms with Gasteiger partial charge in [-0.25, -0.2) is 8.78 Å². The van der Waals surface area contributed by atoms with Crippen molar-refractivity contribution in [2.75, 3.05) is 13.2 Å². The Morgan fingerprint density at radius 1 is 1.15 bits per heavy atom. The van der Waals surface area contributed by atoms with Crippen molar-refractivity contribution in [1.82, 2.24) is 9.47 Å². The fraction of sp³-hybridized carbons (Fsp3) is 0.421. The zero-order chi connectivity index (χ0) is 18.0. The Morgan fingerprint density at radius 2 is 1.96 bits per heavy atom. The monoisotopic (exact) mass is 378 g/mol. The van der Waals surface area contributed by atoms with E-state index in [0.717, 1.165) is 43.5 Å². The normalized spacial score (nSPS) is 19.2. The van der Waals surface area contributed by atoms with Gasteiger partial charge in [0.05, 0.1) is 22.9 Å². The quantitative estimate of drug-likeness (QED) is 0.739. The minimum Gasteiger partial charge on any atom is -0.491 e. The van der Waals surface area contributed by atoms with E-state index in [-0.39, 0.29) is 22.5 Å². The van der Waals surface area contributed by atoms with E-state index in [1.807, 2.05) is 9.47 Å². The molecule has 0 spiro atoms. The van der Waals surface area contributed by atoms with E-state index in [4.69, 9.17) is 16.3 Å². The Morgan fingerprint density at radius 3 is 2.73 bits per heavy atom. The van der Waals surface area contributed by atoms with Crippen LogP contribution in [0.5, 0.6) is 5.75 Å². The molecule has 136 valence electrons. The molecule has 1 amide bonds. The molecule has 0 atom stereocenters. The Labute approximate surface area is 154 Å². The second kappa shape index (κ2) is 5.71. The molecule has 0 radical (unpaired) electrons. The molecule has 1 aromatic carbocycles. The summed E-state index contributed by atoms with van der Waals surface area (Å²) in [5, 5.41) is -0.278. The molecular weight excluding hydrogens is 362 g/mol. The summed E-state index contributed by atoms with van der Waals surface area (Å²) in [5.74, 6) is -0.979. The molecule has 0 saturated heterocycles. The number of aromatic nitrogens is 1. The fourth-order valence-electron chi connectivity index (χ4n) is 4.08. The third-order valence-corrected chi connectivity index (χ3v) is 5.71. The lowest BCUT2D eigenvalue weighted by molar-refractivity contribution is 0.0690. The second-order valence-corrected chi connectivity index (χ2v) is 7.49. The van der Waals surface area contributed by atoms with Crippen molar-refractivity contribution >= 4 is 17.5 Å². The van der Waals surface area contributed by atoms with Gasteiger partial charge in [0.15, 0.2) is 0 Å². The first-order valence-electron chi connectivity index (χ1n) is 8.90. The van der Waals surface area contributed by atoms with E-state index in [1.54, 1.807) is 0 Å². The molecule has 5 rings (SSSR count). The number of nitrogens with zero attached hydrogens (tertiary/aromatic N) is 2. The molecule has 3 heterocycles. The summed E-state index contributed by atoms with van der Waals surface area (Å²) >= 11 is 5.71. The largest absolute Gasteiger partial charge is 0.491 e. The van der Waals surface area contributed by atoms with E-state index in [1.165, 1.54) is 0 Å². The van der Waals surface area contributed by atoms with Crippen LogP contribution in [0.15, 0.2) is 12.1 Å². The van der Waals surface area contributed by atoms with E-state index in [9.17, 15) is 13.6 Å². The number of ether oxygens (including phenoxy) is 1. The van der Waals surface area contributed by atoms with Crippen molar-refractivity contribution in [3.63, 3.8) is 0 Å². The van der Waals surface area contributed by atoms with Gasteiger partial charge in [-0.05, 0) is 37.8 Å². The van der Waals surface area contributed by atoms with Gasteiger partial charge in [0.2, 0.25) is 0 Å². The van der Waals surface area contributed by atoms with Gasteiger partial charge >= 0.3 is 0 Å². The van der Waals surface area contributed by atoms with Crippen LogP contribution < -0.4 is 4.74 Å². The number of rotatable bonds is 2. The first-order chi connectivity index (χ1) is 12.6. The molecule has 1 aromatic heterocycles. The lowest BCUT2D eigenvalue weighted by Gasteiger charge is -2.30. The number of hydrogen-bond acceptors (Lipinski definition) is 2. The summed E-state index contributed by atoms with van der Waals surface area (Å²) in [7, 11) is 0. The molecule has 2 aromatic rings. The Bertz CT molecular complexity index is 936. The van der Waals surface area contributed by atoms with Crippen LogP contribution in [0.2, 0.25) is 5.02 Å². The number of amides is 1. The Balaban J connectivity index is 1.76. The standard InChI is InChI=1S/C19H17ClF2N2O2/c20-12-9-13(21)11(8-14(12)22)16-17-19(25)23(10-3-4-10)5-6-24(17)15-2-1-7-26-18(15)16/h8-10H,1-7H2. The molecule has 2 aliphatic heterocycles. The van der Waals surface area contributed by atoms with Crippen LogP contribution in [0.4, 0.5) is 8.78 Å². The van der Waals surface area contributed by atoms with Gasteiger partial charge in [0.1, 0.15) is 23.1 Å². The molecule has 1 saturated carbocycles. The molecular formula is C19H17ClF2N2O2. The summed E-state index contributed by atoms with van der Waals surface area (Å²) < 4.78 is 36.5. The van der Waals surface area contributed by atoms with Crippen LogP contribution in [0.25, 0.3) is 11.1 Å². The minimum atomic E-state index is -0.713. The summed E-state index contributed by atoms with van der Waals surface area (Å²) in [6, 6.07) is 2.29. The van der Waals surface area contributed by atoms with Crippen LogP contribution >= 0.6 is 11.6 Å². The molecule has 4 nitrogen and oxygen atoms in total. The van der Waals surface area contributed by atoms with Gasteiger partial charge in [-0.3, -0.25) is 4.79 Å². The molecule has 26 heavy (non-hydrogen) atoms. The van der Waals surface area contributed by atoms with Crippen molar-refractivity contribution in [2.24, 2.45) is 0 Å². The van der Waals surface area contributed by atoms with Gasteiger partial charge in [-0.1, -0.05) is 11.6 Å². The summed E-state index contributed by atoms with van der Waals surface area (Å²) in [5.41, 5.74) is 1.71. The van der Waals surface area contributed by atoms with Crippen molar-refractivity contribution in [3.8, 4) is 16.9 Å². The third-order valence-electron chi connectivity index (χ3n) is 5.42. The molecule has 1 aliphatic carbocycles. The maximum atomic E-state index is 14.7. The number of fused-ring (bicyclic) bond motifs is 3. The number of benzene rings is 1. The predicted molar refractivity (Wildman–Crippen MR) is 92.7 cm³/mol. The third kappa shape index (κ3) is 2.28. The number of carbonyl (C=O) groups excluding carboxylic acids is 1. The van der Waals surface area contributed by atoms with Gasteiger partial charge < -0.3 is 14.2 Å². The molecule has 1 fully saturated rings. The van der Waals surface area contributed by atoms with Crippen LogP contribution in [0.3, 0.4) is 0 Å². The highest BCUT2D eigenvalue weighted by atomic mass is 35.5.